The van der Waals surface area contributed by atoms with Gasteiger partial charge in [0.05, 0.1) is 0 Å². The Morgan fingerprint density at radius 1 is 0.850 bits per heavy atom. The molecule has 1 atom stereocenters. The van der Waals surface area contributed by atoms with Gasteiger partial charge < -0.3 is 28.1 Å². The molecule has 20 heavy (non-hydrogen) atoms. The zero-order chi connectivity index (χ0) is 15.4. The summed E-state index contributed by atoms with van der Waals surface area (Å²) in [5.41, 5.74) is 0. The summed E-state index contributed by atoms with van der Waals surface area (Å²) in [6.07, 6.45) is 0.594. The third-order valence-electron chi connectivity index (χ3n) is 2.90. The van der Waals surface area contributed by atoms with Crippen molar-refractivity contribution in [3.05, 3.63) is 0 Å². The first-order chi connectivity index (χ1) is 9.62. The van der Waals surface area contributed by atoms with Gasteiger partial charge in [-0.15, -0.1) is 0 Å². The van der Waals surface area contributed by atoms with E-state index in [1.807, 2.05) is 20.8 Å². The molecule has 0 rings (SSSR count). The van der Waals surface area contributed by atoms with Crippen LogP contribution in [0.2, 0.25) is 6.04 Å². The number of hydrogen-bond acceptors (Lipinski definition) is 6. The quantitative estimate of drug-likeness (QED) is 0.381. The van der Waals surface area contributed by atoms with Crippen LogP contribution in [0.3, 0.4) is 0 Å². The molecular weight excluding hydrogens is 280 g/mol. The van der Waals surface area contributed by atoms with E-state index in [0.717, 1.165) is 6.04 Å². The maximum Gasteiger partial charge on any atom is 0.282 e. The molecule has 122 valence electrons. The van der Waals surface area contributed by atoms with Crippen molar-refractivity contribution in [2.75, 3.05) is 41.2 Å². The van der Waals surface area contributed by atoms with E-state index < -0.39 is 15.0 Å². The average Bonchev–Trinajstić information content (AvgIpc) is 2.44. The van der Waals surface area contributed by atoms with Gasteiger partial charge in [-0.05, 0) is 26.8 Å². The second-order valence-electron chi connectivity index (χ2n) is 4.13. The lowest BCUT2D eigenvalue weighted by atomic mass is 10.4. The van der Waals surface area contributed by atoms with E-state index in [4.69, 9.17) is 28.1 Å². The van der Waals surface area contributed by atoms with Crippen LogP contribution in [-0.4, -0.2) is 62.1 Å². The molecule has 0 aromatic heterocycles. The molecule has 0 aliphatic rings. The van der Waals surface area contributed by atoms with E-state index in [1.54, 1.807) is 21.3 Å². The van der Waals surface area contributed by atoms with Crippen LogP contribution < -0.4 is 0 Å². The Hall–Kier alpha value is -0.0231. The summed E-state index contributed by atoms with van der Waals surface area (Å²) in [6, 6.07) is 0.767. The van der Waals surface area contributed by atoms with Crippen molar-refractivity contribution in [1.29, 1.82) is 0 Å². The second kappa shape index (κ2) is 11.6. The molecule has 7 heteroatoms. The molecule has 0 heterocycles. The lowest BCUT2D eigenvalue weighted by Gasteiger charge is -2.33. The highest BCUT2D eigenvalue weighted by Gasteiger charge is 2.35. The smallest absolute Gasteiger partial charge is 0.282 e. The van der Waals surface area contributed by atoms with Crippen LogP contribution in [0.5, 0.6) is 0 Å². The maximum atomic E-state index is 5.69. The summed E-state index contributed by atoms with van der Waals surface area (Å²) in [5.74, 6) is -1.28. The monoisotopic (exact) mass is 310 g/mol. The summed E-state index contributed by atoms with van der Waals surface area (Å²) >= 11 is 0. The number of ether oxygens (including phenoxy) is 5. The molecular formula is C13H30O6Si. The van der Waals surface area contributed by atoms with Gasteiger partial charge >= 0.3 is 0 Å². The van der Waals surface area contributed by atoms with E-state index >= 15 is 0 Å². The van der Waals surface area contributed by atoms with Crippen molar-refractivity contribution in [2.24, 2.45) is 0 Å². The van der Waals surface area contributed by atoms with Gasteiger partial charge in [-0.2, -0.15) is 0 Å². The van der Waals surface area contributed by atoms with Crippen LogP contribution in [-0.2, 0) is 28.1 Å². The molecule has 0 spiro atoms. The van der Waals surface area contributed by atoms with Crippen molar-refractivity contribution in [3.63, 3.8) is 0 Å². The highest BCUT2D eigenvalue weighted by molar-refractivity contribution is 6.52. The predicted octanol–water partition coefficient (Wildman–Crippen LogP) is 1.67. The third kappa shape index (κ3) is 6.62. The molecule has 1 unspecified atom stereocenters. The van der Waals surface area contributed by atoms with Crippen LogP contribution >= 0.6 is 0 Å². The van der Waals surface area contributed by atoms with E-state index in [1.165, 1.54) is 0 Å². The fourth-order valence-electron chi connectivity index (χ4n) is 2.09. The molecule has 0 N–H and O–H groups in total. The molecule has 0 bridgehead atoms. The minimum absolute atomic E-state index is 0.289. The predicted molar refractivity (Wildman–Crippen MR) is 79.0 cm³/mol. The molecule has 0 amide bonds. The largest absolute Gasteiger partial charge is 0.417 e. The topological polar surface area (TPSA) is 55.4 Å². The fraction of sp³-hybridized carbons (Fsp3) is 1.00. The van der Waals surface area contributed by atoms with Crippen molar-refractivity contribution in [3.8, 4) is 0 Å². The molecule has 0 fully saturated rings. The van der Waals surface area contributed by atoms with E-state index in [-0.39, 0.29) is 5.91 Å². The van der Waals surface area contributed by atoms with Gasteiger partial charge in [0, 0.05) is 47.6 Å². The molecule has 0 saturated carbocycles. The van der Waals surface area contributed by atoms with Gasteiger partial charge in [0.25, 0.3) is 5.97 Å². The SMILES string of the molecule is CCOC(CC[SiH](OC)C(OC)OC)(OCC)OCC. The van der Waals surface area contributed by atoms with Crippen LogP contribution in [0.4, 0.5) is 0 Å². The zero-order valence-corrected chi connectivity index (χ0v) is 14.8. The van der Waals surface area contributed by atoms with Crippen molar-refractivity contribution in [1.82, 2.24) is 0 Å². The summed E-state index contributed by atoms with van der Waals surface area (Å²) in [6.45, 7) is 7.34. The summed E-state index contributed by atoms with van der Waals surface area (Å²) in [5, 5.41) is 0. The molecule has 6 nitrogen and oxygen atoms in total. The summed E-state index contributed by atoms with van der Waals surface area (Å²) < 4.78 is 33.2. The van der Waals surface area contributed by atoms with Gasteiger partial charge in [-0.1, -0.05) is 0 Å². The van der Waals surface area contributed by atoms with Crippen LogP contribution in [0.25, 0.3) is 0 Å². The van der Waals surface area contributed by atoms with Gasteiger partial charge in [0.1, 0.15) is 0 Å². The average molecular weight is 310 g/mol. The highest BCUT2D eigenvalue weighted by Crippen LogP contribution is 2.24. The Bertz CT molecular complexity index is 208. The van der Waals surface area contributed by atoms with E-state index in [2.05, 4.69) is 0 Å². The third-order valence-corrected chi connectivity index (χ3v) is 5.51. The Balaban J connectivity index is 4.69. The first-order valence-corrected chi connectivity index (χ1v) is 9.08. The number of methoxy groups -OCH3 is 2. The fourth-order valence-corrected chi connectivity index (χ4v) is 4.06. The standard InChI is InChI=1S/C13H30O6Si/c1-7-17-13(18-8-2,19-9-3)10-11-20(16-6)12(14-4)15-5/h12,20H,7-11H2,1-6H3. The van der Waals surface area contributed by atoms with E-state index in [9.17, 15) is 0 Å². The Morgan fingerprint density at radius 3 is 1.60 bits per heavy atom. The highest BCUT2D eigenvalue weighted by atomic mass is 28.3. The van der Waals surface area contributed by atoms with Gasteiger partial charge in [0.2, 0.25) is 9.04 Å². The second-order valence-corrected chi connectivity index (χ2v) is 6.80. The lowest BCUT2D eigenvalue weighted by Crippen LogP contribution is -2.43. The first-order valence-electron chi connectivity index (χ1n) is 7.13. The van der Waals surface area contributed by atoms with Crippen molar-refractivity contribution >= 4 is 9.04 Å². The van der Waals surface area contributed by atoms with Gasteiger partial charge in [0.15, 0.2) is 5.91 Å². The Kier molecular flexibility index (Phi) is 11.6. The van der Waals surface area contributed by atoms with Crippen LogP contribution in [0, 0.1) is 0 Å². The molecule has 0 aliphatic heterocycles. The molecule has 0 aromatic rings. The van der Waals surface area contributed by atoms with E-state index in [0.29, 0.717) is 26.2 Å². The molecule has 0 aliphatic carbocycles. The molecule has 0 radical (unpaired) electrons. The molecule has 0 aromatic carbocycles. The minimum Gasteiger partial charge on any atom is -0.417 e. The van der Waals surface area contributed by atoms with Crippen LogP contribution in [0.1, 0.15) is 27.2 Å². The lowest BCUT2D eigenvalue weighted by molar-refractivity contribution is -0.377. The summed E-state index contributed by atoms with van der Waals surface area (Å²) in [7, 11) is 3.24. The molecule has 0 saturated heterocycles. The normalized spacial score (nSPS) is 13.9. The Labute approximate surface area is 124 Å². The first kappa shape index (κ1) is 20.0. The number of hydrogen-bond donors (Lipinski definition) is 0. The van der Waals surface area contributed by atoms with Crippen LogP contribution in [0.15, 0.2) is 0 Å². The maximum absolute atomic E-state index is 5.69. The Morgan fingerprint density at radius 2 is 1.30 bits per heavy atom. The van der Waals surface area contributed by atoms with Gasteiger partial charge in [-0.3, -0.25) is 0 Å². The summed E-state index contributed by atoms with van der Waals surface area (Å²) in [4.78, 5) is 0. The van der Waals surface area contributed by atoms with Crippen molar-refractivity contribution in [2.45, 2.75) is 45.1 Å². The van der Waals surface area contributed by atoms with Crippen molar-refractivity contribution < 1.29 is 28.1 Å². The van der Waals surface area contributed by atoms with Gasteiger partial charge in [-0.25, -0.2) is 0 Å². The zero-order valence-electron chi connectivity index (χ0n) is 13.6. The minimum atomic E-state index is -1.69. The number of rotatable bonds is 13.